The Morgan fingerprint density at radius 3 is 2.94 bits per heavy atom. The standard InChI is InChI=1S/C13H10N2O/c1-9-8-12(13(16)6-7-14)15-11-5-3-2-4-10(9)11/h2-5,8H,6H2,1H3. The van der Waals surface area contributed by atoms with Crippen LogP contribution in [0.3, 0.4) is 0 Å². The van der Waals surface area contributed by atoms with E-state index < -0.39 is 0 Å². The number of aryl methyl sites for hydroxylation is 1. The molecule has 2 rings (SSSR count). The summed E-state index contributed by atoms with van der Waals surface area (Å²) < 4.78 is 0. The minimum atomic E-state index is -0.226. The van der Waals surface area contributed by atoms with Crippen molar-refractivity contribution in [2.24, 2.45) is 0 Å². The van der Waals surface area contributed by atoms with E-state index in [4.69, 9.17) is 5.26 Å². The van der Waals surface area contributed by atoms with Crippen molar-refractivity contribution in [2.75, 3.05) is 0 Å². The van der Waals surface area contributed by atoms with Crippen LogP contribution in [0, 0.1) is 18.3 Å². The lowest BCUT2D eigenvalue weighted by molar-refractivity contribution is 0.0993. The summed E-state index contributed by atoms with van der Waals surface area (Å²) in [5.74, 6) is -0.226. The summed E-state index contributed by atoms with van der Waals surface area (Å²) in [4.78, 5) is 15.8. The number of aromatic nitrogens is 1. The minimum absolute atomic E-state index is 0.120. The summed E-state index contributed by atoms with van der Waals surface area (Å²) in [6, 6.07) is 11.2. The van der Waals surface area contributed by atoms with Gasteiger partial charge in [0, 0.05) is 5.39 Å². The van der Waals surface area contributed by atoms with Crippen LogP contribution in [0.25, 0.3) is 10.9 Å². The Kier molecular flexibility index (Phi) is 2.65. The molecule has 0 atom stereocenters. The Morgan fingerprint density at radius 2 is 2.19 bits per heavy atom. The van der Waals surface area contributed by atoms with E-state index >= 15 is 0 Å². The van der Waals surface area contributed by atoms with Crippen LogP contribution in [-0.2, 0) is 0 Å². The second-order valence-corrected chi connectivity index (χ2v) is 3.60. The Hall–Kier alpha value is -2.21. The number of benzene rings is 1. The van der Waals surface area contributed by atoms with E-state index in [9.17, 15) is 4.79 Å². The molecular formula is C13H10N2O. The van der Waals surface area contributed by atoms with Gasteiger partial charge in [0.05, 0.1) is 11.6 Å². The number of nitriles is 1. The normalized spacial score (nSPS) is 10.0. The van der Waals surface area contributed by atoms with Crippen LogP contribution in [0.15, 0.2) is 30.3 Å². The third-order valence-corrected chi connectivity index (χ3v) is 2.45. The van der Waals surface area contributed by atoms with Crippen molar-refractivity contribution in [3.05, 3.63) is 41.6 Å². The number of para-hydroxylation sites is 1. The molecule has 1 aromatic carbocycles. The zero-order valence-corrected chi connectivity index (χ0v) is 8.90. The highest BCUT2D eigenvalue weighted by atomic mass is 16.1. The van der Waals surface area contributed by atoms with E-state index in [-0.39, 0.29) is 12.2 Å². The smallest absolute Gasteiger partial charge is 0.195 e. The van der Waals surface area contributed by atoms with Crippen LogP contribution in [0.2, 0.25) is 0 Å². The number of carbonyl (C=O) groups is 1. The third kappa shape index (κ3) is 1.78. The molecule has 16 heavy (non-hydrogen) atoms. The van der Waals surface area contributed by atoms with Crippen LogP contribution in [0.1, 0.15) is 22.5 Å². The topological polar surface area (TPSA) is 53.8 Å². The molecule has 0 unspecified atom stereocenters. The molecule has 0 aliphatic rings. The highest BCUT2D eigenvalue weighted by Crippen LogP contribution is 2.17. The van der Waals surface area contributed by atoms with Gasteiger partial charge >= 0.3 is 0 Å². The first-order chi connectivity index (χ1) is 7.72. The van der Waals surface area contributed by atoms with Gasteiger partial charge in [0.15, 0.2) is 5.78 Å². The van der Waals surface area contributed by atoms with Crippen molar-refractivity contribution in [1.29, 1.82) is 5.26 Å². The molecule has 0 spiro atoms. The van der Waals surface area contributed by atoms with E-state index in [2.05, 4.69) is 4.98 Å². The zero-order chi connectivity index (χ0) is 11.5. The fourth-order valence-electron chi connectivity index (χ4n) is 1.65. The fourth-order valence-corrected chi connectivity index (χ4v) is 1.65. The number of hydrogen-bond acceptors (Lipinski definition) is 3. The average molecular weight is 210 g/mol. The van der Waals surface area contributed by atoms with E-state index in [0.29, 0.717) is 5.69 Å². The summed E-state index contributed by atoms with van der Waals surface area (Å²) in [5.41, 5.74) is 2.17. The molecule has 0 amide bonds. The minimum Gasteiger partial charge on any atom is -0.291 e. The molecule has 0 aliphatic heterocycles. The van der Waals surface area contributed by atoms with Gasteiger partial charge in [-0.1, -0.05) is 18.2 Å². The van der Waals surface area contributed by atoms with Gasteiger partial charge in [-0.15, -0.1) is 0 Å². The molecule has 3 heteroatoms. The second kappa shape index (κ2) is 4.11. The maximum atomic E-state index is 11.6. The van der Waals surface area contributed by atoms with Crippen molar-refractivity contribution < 1.29 is 4.79 Å². The van der Waals surface area contributed by atoms with Crippen LogP contribution in [0.5, 0.6) is 0 Å². The Bertz CT molecular complexity index is 596. The lowest BCUT2D eigenvalue weighted by Gasteiger charge is -2.03. The number of hydrogen-bond donors (Lipinski definition) is 0. The lowest BCUT2D eigenvalue weighted by atomic mass is 10.1. The fraction of sp³-hybridized carbons (Fsp3) is 0.154. The zero-order valence-electron chi connectivity index (χ0n) is 8.90. The Balaban J connectivity index is 2.59. The van der Waals surface area contributed by atoms with Crippen molar-refractivity contribution in [3.8, 4) is 6.07 Å². The van der Waals surface area contributed by atoms with Crippen molar-refractivity contribution >= 4 is 16.7 Å². The molecule has 0 N–H and O–H groups in total. The largest absolute Gasteiger partial charge is 0.291 e. The molecule has 0 radical (unpaired) electrons. The van der Waals surface area contributed by atoms with Gasteiger partial charge in [0.25, 0.3) is 0 Å². The van der Waals surface area contributed by atoms with Gasteiger partial charge in [-0.25, -0.2) is 4.98 Å². The quantitative estimate of drug-likeness (QED) is 0.716. The number of rotatable bonds is 2. The number of ketones is 1. The number of Topliss-reactive ketones (excluding diaryl/α,β-unsaturated/α-hetero) is 1. The summed E-state index contributed by atoms with van der Waals surface area (Å²) in [5, 5.41) is 9.52. The van der Waals surface area contributed by atoms with Gasteiger partial charge in [0.2, 0.25) is 0 Å². The molecule has 1 heterocycles. The first-order valence-corrected chi connectivity index (χ1v) is 4.99. The van der Waals surface area contributed by atoms with Crippen molar-refractivity contribution in [1.82, 2.24) is 4.98 Å². The molecule has 78 valence electrons. The molecule has 0 saturated heterocycles. The maximum Gasteiger partial charge on any atom is 0.195 e. The molecule has 0 bridgehead atoms. The summed E-state index contributed by atoms with van der Waals surface area (Å²) >= 11 is 0. The number of nitrogens with zero attached hydrogens (tertiary/aromatic N) is 2. The molecular weight excluding hydrogens is 200 g/mol. The predicted octanol–water partition coefficient (Wildman–Crippen LogP) is 2.64. The average Bonchev–Trinajstić information content (AvgIpc) is 2.29. The number of carbonyl (C=O) groups excluding carboxylic acids is 1. The van der Waals surface area contributed by atoms with E-state index in [1.165, 1.54) is 0 Å². The first kappa shape index (κ1) is 10.3. The molecule has 0 fully saturated rings. The van der Waals surface area contributed by atoms with Crippen LogP contribution in [0.4, 0.5) is 0 Å². The molecule has 3 nitrogen and oxygen atoms in total. The van der Waals surface area contributed by atoms with Crippen molar-refractivity contribution in [2.45, 2.75) is 13.3 Å². The molecule has 1 aromatic heterocycles. The molecule has 0 saturated carbocycles. The summed E-state index contributed by atoms with van der Waals surface area (Å²) in [7, 11) is 0. The van der Waals surface area contributed by atoms with Gasteiger partial charge in [-0.2, -0.15) is 5.26 Å². The third-order valence-electron chi connectivity index (χ3n) is 2.45. The summed E-state index contributed by atoms with van der Waals surface area (Å²) in [6.07, 6.45) is -0.120. The predicted molar refractivity (Wildman–Crippen MR) is 61.0 cm³/mol. The SMILES string of the molecule is Cc1cc(C(=O)CC#N)nc2ccccc12. The molecule has 2 aromatic rings. The summed E-state index contributed by atoms with van der Waals surface area (Å²) in [6.45, 7) is 1.94. The van der Waals surface area contributed by atoms with Gasteiger partial charge in [-0.05, 0) is 24.6 Å². The second-order valence-electron chi connectivity index (χ2n) is 3.60. The maximum absolute atomic E-state index is 11.6. The Morgan fingerprint density at radius 1 is 1.44 bits per heavy atom. The first-order valence-electron chi connectivity index (χ1n) is 4.99. The highest BCUT2D eigenvalue weighted by Gasteiger charge is 2.09. The van der Waals surface area contributed by atoms with Crippen LogP contribution in [-0.4, -0.2) is 10.8 Å². The van der Waals surface area contributed by atoms with Crippen molar-refractivity contribution in [3.63, 3.8) is 0 Å². The van der Waals surface area contributed by atoms with Crippen LogP contribution < -0.4 is 0 Å². The molecule has 0 aliphatic carbocycles. The highest BCUT2D eigenvalue weighted by molar-refractivity contribution is 5.98. The van der Waals surface area contributed by atoms with E-state index in [1.54, 1.807) is 6.07 Å². The van der Waals surface area contributed by atoms with Gasteiger partial charge in [-0.3, -0.25) is 4.79 Å². The van der Waals surface area contributed by atoms with Gasteiger partial charge in [0.1, 0.15) is 12.1 Å². The lowest BCUT2D eigenvalue weighted by Crippen LogP contribution is -2.02. The monoisotopic (exact) mass is 210 g/mol. The van der Waals surface area contributed by atoms with E-state index in [0.717, 1.165) is 16.5 Å². The Labute approximate surface area is 93.3 Å². The number of pyridine rings is 1. The van der Waals surface area contributed by atoms with Crippen LogP contribution >= 0.6 is 0 Å². The number of fused-ring (bicyclic) bond motifs is 1. The van der Waals surface area contributed by atoms with Gasteiger partial charge < -0.3 is 0 Å². The van der Waals surface area contributed by atoms with E-state index in [1.807, 2.05) is 37.3 Å².